The van der Waals surface area contributed by atoms with Crippen LogP contribution in [0.5, 0.6) is 0 Å². The number of hydrogen-bond acceptors (Lipinski definition) is 2. The monoisotopic (exact) mass is 479 g/mol. The summed E-state index contributed by atoms with van der Waals surface area (Å²) < 4.78 is 2.25. The molecule has 0 aliphatic rings. The number of nitrogens with zero attached hydrogens (tertiary/aromatic N) is 2. The van der Waals surface area contributed by atoms with Crippen LogP contribution in [-0.4, -0.2) is 15.5 Å². The third-order valence-corrected chi connectivity index (χ3v) is 7.17. The Balaban J connectivity index is 1.56. The Morgan fingerprint density at radius 3 is 2.31 bits per heavy atom. The molecule has 176 valence electrons. The van der Waals surface area contributed by atoms with Crippen molar-refractivity contribution in [2.45, 2.75) is 26.9 Å². The van der Waals surface area contributed by atoms with Gasteiger partial charge in [-0.2, -0.15) is 0 Å². The summed E-state index contributed by atoms with van der Waals surface area (Å²) in [7, 11) is 2.11. The highest BCUT2D eigenvalue weighted by Gasteiger charge is 2.22. The number of nitrogens with one attached hydrogen (secondary N) is 1. The lowest BCUT2D eigenvalue weighted by molar-refractivity contribution is 0.206. The zero-order chi connectivity index (χ0) is 24.4. The standard InChI is InChI=1S/C30H29N3OS/c1-21-16-22(2)18-24(17-21)31-30(34)33(19-23-10-5-4-6-11-23)20-26-25-12-7-8-13-27(25)32(3)29(26)28-14-9-15-35-28/h4-18H,19-20H2,1-3H3,(H,31,34). The molecule has 3 aromatic carbocycles. The van der Waals surface area contributed by atoms with E-state index in [0.29, 0.717) is 13.1 Å². The highest BCUT2D eigenvalue weighted by molar-refractivity contribution is 7.13. The molecule has 0 fully saturated rings. The van der Waals surface area contributed by atoms with E-state index in [-0.39, 0.29) is 6.03 Å². The lowest BCUT2D eigenvalue weighted by atomic mass is 10.1. The molecule has 0 bridgehead atoms. The third-order valence-electron chi connectivity index (χ3n) is 6.29. The van der Waals surface area contributed by atoms with E-state index >= 15 is 0 Å². The second-order valence-corrected chi connectivity index (χ2v) is 9.98. The van der Waals surface area contributed by atoms with Crippen LogP contribution >= 0.6 is 11.3 Å². The molecule has 2 aromatic heterocycles. The van der Waals surface area contributed by atoms with Crippen molar-refractivity contribution in [1.29, 1.82) is 0 Å². The predicted octanol–water partition coefficient (Wildman–Crippen LogP) is 7.76. The van der Waals surface area contributed by atoms with Crippen molar-refractivity contribution in [3.63, 3.8) is 0 Å². The van der Waals surface area contributed by atoms with Gasteiger partial charge in [0, 0.05) is 35.7 Å². The van der Waals surface area contributed by atoms with Gasteiger partial charge in [0.15, 0.2) is 0 Å². The van der Waals surface area contributed by atoms with E-state index < -0.39 is 0 Å². The summed E-state index contributed by atoms with van der Waals surface area (Å²) in [5.74, 6) is 0. The summed E-state index contributed by atoms with van der Waals surface area (Å²) >= 11 is 1.72. The molecule has 0 spiro atoms. The van der Waals surface area contributed by atoms with Crippen LogP contribution < -0.4 is 5.32 Å². The molecule has 1 N–H and O–H groups in total. The number of rotatable bonds is 6. The highest BCUT2D eigenvalue weighted by atomic mass is 32.1. The Kier molecular flexibility index (Phi) is 6.43. The first-order chi connectivity index (χ1) is 17.0. The first-order valence-electron chi connectivity index (χ1n) is 11.8. The molecule has 0 saturated heterocycles. The van der Waals surface area contributed by atoms with Crippen LogP contribution in [0.25, 0.3) is 21.5 Å². The number of para-hydroxylation sites is 1. The van der Waals surface area contributed by atoms with Gasteiger partial charge in [-0.15, -0.1) is 11.3 Å². The van der Waals surface area contributed by atoms with Crippen LogP contribution in [-0.2, 0) is 20.1 Å². The number of benzene rings is 3. The maximum atomic E-state index is 13.7. The van der Waals surface area contributed by atoms with Crippen molar-refractivity contribution >= 4 is 34.0 Å². The first-order valence-corrected chi connectivity index (χ1v) is 12.7. The van der Waals surface area contributed by atoms with E-state index in [1.54, 1.807) is 11.3 Å². The Morgan fingerprint density at radius 1 is 0.886 bits per heavy atom. The highest BCUT2D eigenvalue weighted by Crippen LogP contribution is 2.36. The molecule has 0 unspecified atom stereocenters. The number of anilines is 1. The fourth-order valence-corrected chi connectivity index (χ4v) is 5.64. The fraction of sp³-hybridized carbons (Fsp3) is 0.167. The van der Waals surface area contributed by atoms with Crippen LogP contribution in [0.3, 0.4) is 0 Å². The van der Waals surface area contributed by atoms with Crippen molar-refractivity contribution in [2.24, 2.45) is 7.05 Å². The summed E-state index contributed by atoms with van der Waals surface area (Å²) in [4.78, 5) is 16.8. The van der Waals surface area contributed by atoms with Gasteiger partial charge in [0.1, 0.15) is 0 Å². The van der Waals surface area contributed by atoms with Gasteiger partial charge in [-0.05, 0) is 60.2 Å². The molecule has 5 rings (SSSR count). The van der Waals surface area contributed by atoms with Gasteiger partial charge in [-0.25, -0.2) is 4.79 Å². The van der Waals surface area contributed by atoms with Gasteiger partial charge < -0.3 is 14.8 Å². The van der Waals surface area contributed by atoms with Gasteiger partial charge in [0.2, 0.25) is 0 Å². The molecule has 0 saturated carbocycles. The number of thiophene rings is 1. The van der Waals surface area contributed by atoms with Crippen LogP contribution in [0.1, 0.15) is 22.3 Å². The van der Waals surface area contributed by atoms with E-state index in [4.69, 9.17) is 0 Å². The molecule has 2 amide bonds. The van der Waals surface area contributed by atoms with Gasteiger partial charge in [-0.3, -0.25) is 0 Å². The molecule has 0 atom stereocenters. The molecule has 5 aromatic rings. The number of urea groups is 1. The maximum Gasteiger partial charge on any atom is 0.322 e. The van der Waals surface area contributed by atoms with Gasteiger partial charge in [-0.1, -0.05) is 60.7 Å². The number of aryl methyl sites for hydroxylation is 3. The second-order valence-electron chi connectivity index (χ2n) is 9.03. The average Bonchev–Trinajstić information content (AvgIpc) is 3.45. The van der Waals surface area contributed by atoms with E-state index in [1.807, 2.05) is 49.1 Å². The first kappa shape index (κ1) is 22.9. The van der Waals surface area contributed by atoms with Crippen molar-refractivity contribution in [3.8, 4) is 10.6 Å². The molecule has 5 heteroatoms. The summed E-state index contributed by atoms with van der Waals surface area (Å²) in [5.41, 5.74) is 7.67. The van der Waals surface area contributed by atoms with E-state index in [9.17, 15) is 4.79 Å². The quantitative estimate of drug-likeness (QED) is 0.265. The summed E-state index contributed by atoms with van der Waals surface area (Å²) in [6.45, 7) is 5.12. The number of hydrogen-bond donors (Lipinski definition) is 1. The van der Waals surface area contributed by atoms with Crippen LogP contribution in [0, 0.1) is 13.8 Å². The van der Waals surface area contributed by atoms with Crippen molar-refractivity contribution in [2.75, 3.05) is 5.32 Å². The van der Waals surface area contributed by atoms with Gasteiger partial charge in [0.05, 0.1) is 17.1 Å². The number of amides is 2. The predicted molar refractivity (Wildman–Crippen MR) is 147 cm³/mol. The van der Waals surface area contributed by atoms with Crippen molar-refractivity contribution < 1.29 is 4.79 Å². The molecule has 0 aliphatic heterocycles. The topological polar surface area (TPSA) is 37.3 Å². The van der Waals surface area contributed by atoms with Crippen LogP contribution in [0.2, 0.25) is 0 Å². The molecule has 0 aliphatic carbocycles. The molecule has 35 heavy (non-hydrogen) atoms. The third kappa shape index (κ3) is 4.86. The zero-order valence-corrected chi connectivity index (χ0v) is 21.1. The fourth-order valence-electron chi connectivity index (χ4n) is 4.80. The minimum atomic E-state index is -0.107. The maximum absolute atomic E-state index is 13.7. The molecule has 4 nitrogen and oxygen atoms in total. The summed E-state index contributed by atoms with van der Waals surface area (Å²) in [6.07, 6.45) is 0. The lowest BCUT2D eigenvalue weighted by Crippen LogP contribution is -2.34. The minimum Gasteiger partial charge on any atom is -0.343 e. The average molecular weight is 480 g/mol. The molecule has 0 radical (unpaired) electrons. The number of carbonyl (C=O) groups is 1. The molecular formula is C30H29N3OS. The Morgan fingerprint density at radius 2 is 1.60 bits per heavy atom. The Labute approximate surface area is 210 Å². The van der Waals surface area contributed by atoms with E-state index in [2.05, 4.69) is 76.9 Å². The van der Waals surface area contributed by atoms with E-state index in [0.717, 1.165) is 27.9 Å². The Bertz CT molecular complexity index is 1450. The van der Waals surface area contributed by atoms with Crippen molar-refractivity contribution in [3.05, 3.63) is 113 Å². The lowest BCUT2D eigenvalue weighted by Gasteiger charge is -2.24. The zero-order valence-electron chi connectivity index (χ0n) is 20.3. The van der Waals surface area contributed by atoms with Crippen LogP contribution in [0.15, 0.2) is 90.3 Å². The smallest absolute Gasteiger partial charge is 0.322 e. The second kappa shape index (κ2) is 9.80. The SMILES string of the molecule is Cc1cc(C)cc(NC(=O)N(Cc2ccccc2)Cc2c(-c3cccs3)n(C)c3ccccc23)c1. The Hall–Kier alpha value is -3.83. The minimum absolute atomic E-state index is 0.107. The molecular weight excluding hydrogens is 450 g/mol. The molecule has 2 heterocycles. The van der Waals surface area contributed by atoms with Gasteiger partial charge in [0.25, 0.3) is 0 Å². The van der Waals surface area contributed by atoms with Crippen LogP contribution in [0.4, 0.5) is 10.5 Å². The number of aromatic nitrogens is 1. The van der Waals surface area contributed by atoms with Crippen molar-refractivity contribution in [1.82, 2.24) is 9.47 Å². The normalized spacial score (nSPS) is 11.1. The van der Waals surface area contributed by atoms with E-state index in [1.165, 1.54) is 21.5 Å². The summed E-state index contributed by atoms with van der Waals surface area (Å²) in [5, 5.41) is 6.44. The van der Waals surface area contributed by atoms with Gasteiger partial charge >= 0.3 is 6.03 Å². The largest absolute Gasteiger partial charge is 0.343 e. The summed E-state index contributed by atoms with van der Waals surface area (Å²) in [6, 6.07) is 28.9. The number of fused-ring (bicyclic) bond motifs is 1. The number of carbonyl (C=O) groups excluding carboxylic acids is 1.